The predicted molar refractivity (Wildman–Crippen MR) is 38.1 cm³/mol. The molecule has 1 atom stereocenters. The van der Waals surface area contributed by atoms with E-state index in [1.807, 2.05) is 0 Å². The van der Waals surface area contributed by atoms with Gasteiger partial charge in [0.1, 0.15) is 0 Å². The predicted octanol–water partition coefficient (Wildman–Crippen LogP) is -1.69. The van der Waals surface area contributed by atoms with Crippen molar-refractivity contribution in [3.05, 3.63) is 6.92 Å². The average molecular weight is 163 g/mol. The Bertz CT molecular complexity index is 119. The van der Waals surface area contributed by atoms with Crippen LogP contribution in [0.4, 0.5) is 0 Å². The minimum absolute atomic E-state index is 0. The number of hydrogen-bond donors (Lipinski definition) is 0. The molecule has 0 aromatic rings. The zero-order valence-corrected chi connectivity index (χ0v) is 10.2. The van der Waals surface area contributed by atoms with Gasteiger partial charge in [0.05, 0.1) is 0 Å². The summed E-state index contributed by atoms with van der Waals surface area (Å²) in [6.45, 7) is 5.39. The van der Waals surface area contributed by atoms with Gasteiger partial charge in [-0.25, -0.2) is 0 Å². The van der Waals surface area contributed by atoms with E-state index in [9.17, 15) is 0 Å². The molecule has 1 saturated carbocycles. The summed E-state index contributed by atoms with van der Waals surface area (Å²) >= 11 is 0. The van der Waals surface area contributed by atoms with Crippen molar-refractivity contribution < 1.29 is 51.4 Å². The summed E-state index contributed by atoms with van der Waals surface area (Å²) < 4.78 is 0. The molecule has 2 aliphatic rings. The van der Waals surface area contributed by atoms with Gasteiger partial charge < -0.3 is 11.8 Å². The van der Waals surface area contributed by atoms with E-state index in [1.54, 1.807) is 0 Å². The first-order valence-corrected chi connectivity index (χ1v) is 3.75. The van der Waals surface area contributed by atoms with Crippen LogP contribution in [0.25, 0.3) is 0 Å². The Balaban J connectivity index is 0.000000500. The summed E-state index contributed by atoms with van der Waals surface area (Å²) in [6.07, 6.45) is 4.27. The van der Waals surface area contributed by atoms with Crippen molar-refractivity contribution in [2.75, 3.05) is 13.6 Å². The molecule has 1 unspecified atom stereocenters. The van der Waals surface area contributed by atoms with Crippen LogP contribution in [0.2, 0.25) is 0 Å². The molecule has 0 amide bonds. The molecule has 2 rings (SSSR count). The Morgan fingerprint density at radius 1 is 1.50 bits per heavy atom. The summed E-state index contributed by atoms with van der Waals surface area (Å²) in [4.78, 5) is 2.38. The van der Waals surface area contributed by atoms with Crippen molar-refractivity contribution >= 4 is 0 Å². The van der Waals surface area contributed by atoms with Crippen molar-refractivity contribution in [2.45, 2.75) is 25.3 Å². The molecule has 52 valence electrons. The van der Waals surface area contributed by atoms with E-state index in [4.69, 9.17) is 0 Å². The van der Waals surface area contributed by atoms with Gasteiger partial charge in [-0.05, 0) is 25.3 Å². The largest absolute Gasteiger partial charge is 1.00 e. The van der Waals surface area contributed by atoms with E-state index in [-0.39, 0.29) is 51.4 Å². The number of hydrogen-bond acceptors (Lipinski definition) is 1. The van der Waals surface area contributed by atoms with Crippen LogP contribution in [0.1, 0.15) is 19.3 Å². The first-order valence-electron chi connectivity index (χ1n) is 3.75. The van der Waals surface area contributed by atoms with E-state index in [1.165, 1.54) is 25.8 Å². The zero-order chi connectivity index (χ0) is 6.48. The third-order valence-corrected chi connectivity index (χ3v) is 2.83. The molecule has 0 radical (unpaired) electrons. The van der Waals surface area contributed by atoms with Crippen LogP contribution in [-0.4, -0.2) is 24.5 Å². The van der Waals surface area contributed by atoms with Crippen molar-refractivity contribution in [1.82, 2.24) is 4.90 Å². The van der Waals surface area contributed by atoms with E-state index in [0.717, 1.165) is 5.41 Å². The van der Waals surface area contributed by atoms with E-state index < -0.39 is 0 Å². The van der Waals surface area contributed by atoms with Gasteiger partial charge in [-0.3, -0.25) is 0 Å². The van der Waals surface area contributed by atoms with Crippen molar-refractivity contribution in [2.24, 2.45) is 5.41 Å². The fourth-order valence-electron chi connectivity index (χ4n) is 1.92. The molecule has 2 heteroatoms. The van der Waals surface area contributed by atoms with E-state index in [0.29, 0.717) is 6.04 Å². The van der Waals surface area contributed by atoms with Gasteiger partial charge in [-0.2, -0.15) is 0 Å². The Labute approximate surface area is 106 Å². The Hall–Kier alpha value is 1.60. The van der Waals surface area contributed by atoms with Crippen LogP contribution in [0.15, 0.2) is 0 Å². The van der Waals surface area contributed by atoms with Crippen molar-refractivity contribution in [1.29, 1.82) is 0 Å². The first kappa shape index (κ1) is 9.68. The van der Waals surface area contributed by atoms with Gasteiger partial charge >= 0.3 is 51.4 Å². The Kier molecular flexibility index (Phi) is 3.05. The summed E-state index contributed by atoms with van der Waals surface area (Å²) in [7, 11) is 2.19. The van der Waals surface area contributed by atoms with Crippen LogP contribution >= 0.6 is 0 Å². The van der Waals surface area contributed by atoms with Gasteiger partial charge in [0.25, 0.3) is 0 Å². The summed E-state index contributed by atoms with van der Waals surface area (Å²) in [5, 5.41) is 0. The van der Waals surface area contributed by atoms with Crippen LogP contribution in [0.3, 0.4) is 0 Å². The number of rotatable bonds is 0. The second-order valence-electron chi connectivity index (χ2n) is 3.77. The molecule has 1 nitrogen and oxygen atoms in total. The van der Waals surface area contributed by atoms with Crippen LogP contribution < -0.4 is 51.4 Å². The summed E-state index contributed by atoms with van der Waals surface area (Å²) in [5.41, 5.74) is 0.751. The summed E-state index contributed by atoms with van der Waals surface area (Å²) in [5.74, 6) is 0. The molecular formula is C8H14KN. The van der Waals surface area contributed by atoms with Gasteiger partial charge in [0.2, 0.25) is 0 Å². The maximum absolute atomic E-state index is 4.08. The SMILES string of the molecule is [CH2-]C1CC2(CC2)CN1C.[K+]. The fraction of sp³-hybridized carbons (Fsp3) is 0.875. The molecule has 0 aromatic heterocycles. The van der Waals surface area contributed by atoms with Crippen molar-refractivity contribution in [3.8, 4) is 0 Å². The topological polar surface area (TPSA) is 3.24 Å². The monoisotopic (exact) mass is 163 g/mol. The molecule has 0 N–H and O–H groups in total. The van der Waals surface area contributed by atoms with Gasteiger partial charge in [-0.15, -0.1) is 6.04 Å². The Morgan fingerprint density at radius 3 is 2.30 bits per heavy atom. The molecule has 0 bridgehead atoms. The van der Waals surface area contributed by atoms with E-state index in [2.05, 4.69) is 18.9 Å². The molecule has 1 spiro atoms. The average Bonchev–Trinajstić information content (AvgIpc) is 2.42. The zero-order valence-electron chi connectivity index (χ0n) is 7.06. The first-order chi connectivity index (χ1) is 4.22. The third-order valence-electron chi connectivity index (χ3n) is 2.83. The van der Waals surface area contributed by atoms with Gasteiger partial charge in [0.15, 0.2) is 0 Å². The number of nitrogens with zero attached hydrogens (tertiary/aromatic N) is 1. The molecular weight excluding hydrogens is 149 g/mol. The summed E-state index contributed by atoms with van der Waals surface area (Å²) in [6, 6.07) is 0.604. The molecule has 1 saturated heterocycles. The van der Waals surface area contributed by atoms with E-state index >= 15 is 0 Å². The van der Waals surface area contributed by atoms with Gasteiger partial charge in [-0.1, -0.05) is 6.42 Å². The number of likely N-dealkylation sites (tertiary alicyclic amines) is 1. The van der Waals surface area contributed by atoms with Gasteiger partial charge in [0, 0.05) is 6.54 Å². The molecule has 1 aliphatic heterocycles. The molecule has 1 heterocycles. The van der Waals surface area contributed by atoms with Crippen LogP contribution in [0, 0.1) is 12.3 Å². The smallest absolute Gasteiger partial charge is 0.332 e. The Morgan fingerprint density at radius 2 is 2.10 bits per heavy atom. The van der Waals surface area contributed by atoms with Crippen LogP contribution in [0.5, 0.6) is 0 Å². The van der Waals surface area contributed by atoms with Crippen molar-refractivity contribution in [3.63, 3.8) is 0 Å². The normalized spacial score (nSPS) is 36.0. The minimum Gasteiger partial charge on any atom is -0.332 e. The fourth-order valence-corrected chi connectivity index (χ4v) is 1.92. The second kappa shape index (κ2) is 3.15. The third kappa shape index (κ3) is 1.67. The molecule has 0 aromatic carbocycles. The maximum atomic E-state index is 4.08. The standard InChI is InChI=1S/C8H14N.K/c1-7-5-8(3-4-8)6-9(7)2;/h7H,1,3-6H2,2H3;/q-1;+1. The van der Waals surface area contributed by atoms with Crippen LogP contribution in [-0.2, 0) is 0 Å². The minimum atomic E-state index is 0. The quantitative estimate of drug-likeness (QED) is 0.304. The molecule has 1 aliphatic carbocycles. The molecule has 10 heavy (non-hydrogen) atoms. The molecule has 2 fully saturated rings. The second-order valence-corrected chi connectivity index (χ2v) is 3.77. The maximum Gasteiger partial charge on any atom is 1.00 e.